The molecule has 0 aliphatic heterocycles. The molecule has 61 heavy (non-hydrogen) atoms. The predicted molar refractivity (Wildman–Crippen MR) is 249 cm³/mol. The van der Waals surface area contributed by atoms with Gasteiger partial charge in [0.15, 0.2) is 17.5 Å². The standard InChI is InChI=1S/C58H37N3/c1-3-16-38(17-4-1)39-32-34-41(35-33-39)56-59-55(40-18-5-2-6-19-40)60-57(61-56)45-23-14-21-43(37-45)42-20-13-22-44(36-42)46-27-15-28-50-49-26-9-12-31-53(49)58(54(46)50)51-29-10-7-24-47(51)48-25-8-11-30-52(48)58/h1-37H. The topological polar surface area (TPSA) is 38.7 Å². The van der Waals surface area contributed by atoms with Crippen molar-refractivity contribution in [2.75, 3.05) is 0 Å². The van der Waals surface area contributed by atoms with E-state index in [1.807, 2.05) is 24.3 Å². The van der Waals surface area contributed by atoms with Crippen molar-refractivity contribution in [1.82, 2.24) is 15.0 Å². The van der Waals surface area contributed by atoms with E-state index in [4.69, 9.17) is 15.0 Å². The summed E-state index contributed by atoms with van der Waals surface area (Å²) < 4.78 is 0. The number of hydrogen-bond donors (Lipinski definition) is 0. The van der Waals surface area contributed by atoms with Crippen molar-refractivity contribution in [3.05, 3.63) is 247 Å². The molecule has 0 saturated carbocycles. The molecule has 0 saturated heterocycles. The molecule has 2 aliphatic carbocycles. The molecule has 12 rings (SSSR count). The highest BCUT2D eigenvalue weighted by atomic mass is 15.0. The van der Waals surface area contributed by atoms with Crippen molar-refractivity contribution in [1.29, 1.82) is 0 Å². The highest BCUT2D eigenvalue weighted by Gasteiger charge is 2.52. The van der Waals surface area contributed by atoms with Gasteiger partial charge in [-0.3, -0.25) is 0 Å². The molecule has 2 aliphatic rings. The van der Waals surface area contributed by atoms with Gasteiger partial charge < -0.3 is 0 Å². The monoisotopic (exact) mass is 775 g/mol. The van der Waals surface area contributed by atoms with E-state index in [-0.39, 0.29) is 0 Å². The largest absolute Gasteiger partial charge is 0.208 e. The zero-order valence-electron chi connectivity index (χ0n) is 33.2. The van der Waals surface area contributed by atoms with Crippen LogP contribution in [-0.4, -0.2) is 15.0 Å². The van der Waals surface area contributed by atoms with Crippen LogP contribution in [-0.2, 0) is 5.41 Å². The molecular formula is C58H37N3. The normalized spacial score (nSPS) is 12.7. The molecule has 1 spiro atoms. The van der Waals surface area contributed by atoms with Crippen LogP contribution in [0, 0.1) is 0 Å². The van der Waals surface area contributed by atoms with E-state index in [0.29, 0.717) is 17.5 Å². The quantitative estimate of drug-likeness (QED) is 0.169. The van der Waals surface area contributed by atoms with E-state index >= 15 is 0 Å². The first-order valence-corrected chi connectivity index (χ1v) is 20.9. The molecule has 0 N–H and O–H groups in total. The number of benzene rings is 9. The summed E-state index contributed by atoms with van der Waals surface area (Å²) in [6, 6.07) is 80.5. The van der Waals surface area contributed by atoms with E-state index in [9.17, 15) is 0 Å². The average Bonchev–Trinajstić information content (AvgIpc) is 3.82. The Kier molecular flexibility index (Phi) is 8.07. The highest BCUT2D eigenvalue weighted by molar-refractivity contribution is 5.99. The lowest BCUT2D eigenvalue weighted by Gasteiger charge is -2.32. The average molecular weight is 776 g/mol. The minimum Gasteiger partial charge on any atom is -0.208 e. The SMILES string of the molecule is c1ccc(-c2ccc(-c3nc(-c4ccccc4)nc(-c4cccc(-c5cccc(-c6cccc7c6C6(c8ccccc8-c8ccccc86)c6ccccc6-7)c5)c4)n3)cc2)cc1. The highest BCUT2D eigenvalue weighted by Crippen LogP contribution is 2.64. The Balaban J connectivity index is 0.977. The molecule has 9 aromatic carbocycles. The van der Waals surface area contributed by atoms with Gasteiger partial charge >= 0.3 is 0 Å². The second kappa shape index (κ2) is 14.1. The summed E-state index contributed by atoms with van der Waals surface area (Å²) in [4.78, 5) is 15.2. The molecule has 1 aromatic heterocycles. The molecule has 0 bridgehead atoms. The lowest BCUT2D eigenvalue weighted by molar-refractivity contribution is 0.796. The van der Waals surface area contributed by atoms with Crippen LogP contribution < -0.4 is 0 Å². The molecule has 10 aromatic rings. The molecule has 0 unspecified atom stereocenters. The Morgan fingerprint density at radius 3 is 1.16 bits per heavy atom. The summed E-state index contributed by atoms with van der Waals surface area (Å²) >= 11 is 0. The maximum atomic E-state index is 5.12. The van der Waals surface area contributed by atoms with Crippen LogP contribution in [0.4, 0.5) is 0 Å². The third-order valence-electron chi connectivity index (χ3n) is 12.6. The van der Waals surface area contributed by atoms with Gasteiger partial charge in [0, 0.05) is 16.7 Å². The number of hydrogen-bond acceptors (Lipinski definition) is 3. The fourth-order valence-electron chi connectivity index (χ4n) is 9.89. The van der Waals surface area contributed by atoms with Crippen LogP contribution in [0.2, 0.25) is 0 Å². The summed E-state index contributed by atoms with van der Waals surface area (Å²) in [7, 11) is 0. The molecular weight excluding hydrogens is 739 g/mol. The Labute approximate surface area is 355 Å². The van der Waals surface area contributed by atoms with Gasteiger partial charge in [-0.05, 0) is 90.0 Å². The Hall–Kier alpha value is -8.01. The van der Waals surface area contributed by atoms with E-state index in [1.165, 1.54) is 61.2 Å². The summed E-state index contributed by atoms with van der Waals surface area (Å²) in [6.45, 7) is 0. The number of aromatic nitrogens is 3. The Bertz CT molecular complexity index is 3230. The van der Waals surface area contributed by atoms with Gasteiger partial charge in [-0.25, -0.2) is 15.0 Å². The zero-order valence-corrected chi connectivity index (χ0v) is 33.2. The minimum absolute atomic E-state index is 0.430. The second-order valence-electron chi connectivity index (χ2n) is 15.9. The molecule has 0 atom stereocenters. The smallest absolute Gasteiger partial charge is 0.164 e. The van der Waals surface area contributed by atoms with Crippen molar-refractivity contribution in [3.8, 4) is 89.8 Å². The first-order valence-electron chi connectivity index (χ1n) is 20.9. The van der Waals surface area contributed by atoms with Crippen molar-refractivity contribution < 1.29 is 0 Å². The zero-order chi connectivity index (χ0) is 40.3. The summed E-state index contributed by atoms with van der Waals surface area (Å²) in [5.74, 6) is 1.91. The lowest BCUT2D eigenvalue weighted by Crippen LogP contribution is -2.26. The van der Waals surface area contributed by atoms with Gasteiger partial charge in [-0.1, -0.05) is 212 Å². The van der Waals surface area contributed by atoms with Gasteiger partial charge in [0.2, 0.25) is 0 Å². The van der Waals surface area contributed by atoms with Crippen molar-refractivity contribution in [3.63, 3.8) is 0 Å². The van der Waals surface area contributed by atoms with Crippen molar-refractivity contribution in [2.24, 2.45) is 0 Å². The van der Waals surface area contributed by atoms with Crippen LogP contribution in [0.5, 0.6) is 0 Å². The third-order valence-corrected chi connectivity index (χ3v) is 12.6. The van der Waals surface area contributed by atoms with Crippen molar-refractivity contribution >= 4 is 0 Å². The van der Waals surface area contributed by atoms with Crippen LogP contribution in [0.25, 0.3) is 89.8 Å². The predicted octanol–water partition coefficient (Wildman–Crippen LogP) is 14.2. The summed E-state index contributed by atoms with van der Waals surface area (Å²) in [5.41, 5.74) is 19.9. The van der Waals surface area contributed by atoms with Gasteiger partial charge in [-0.15, -0.1) is 0 Å². The molecule has 0 amide bonds. The Morgan fingerprint density at radius 2 is 0.574 bits per heavy atom. The van der Waals surface area contributed by atoms with Gasteiger partial charge in [-0.2, -0.15) is 0 Å². The maximum absolute atomic E-state index is 5.12. The molecule has 0 fully saturated rings. The first-order chi connectivity index (χ1) is 30.2. The third kappa shape index (κ3) is 5.55. The first kappa shape index (κ1) is 35.0. The lowest BCUT2D eigenvalue weighted by atomic mass is 9.68. The number of nitrogens with zero attached hydrogens (tertiary/aromatic N) is 3. The van der Waals surface area contributed by atoms with Crippen molar-refractivity contribution in [2.45, 2.75) is 5.41 Å². The second-order valence-corrected chi connectivity index (χ2v) is 15.9. The van der Waals surface area contributed by atoms with Crippen LogP contribution in [0.15, 0.2) is 224 Å². The molecule has 284 valence electrons. The van der Waals surface area contributed by atoms with Gasteiger partial charge in [0.05, 0.1) is 5.41 Å². The maximum Gasteiger partial charge on any atom is 0.164 e. The van der Waals surface area contributed by atoms with Crippen LogP contribution in [0.3, 0.4) is 0 Å². The summed E-state index contributed by atoms with van der Waals surface area (Å²) in [5, 5.41) is 0. The fraction of sp³-hybridized carbons (Fsp3) is 0.0172. The molecule has 1 heterocycles. The number of rotatable bonds is 6. The van der Waals surface area contributed by atoms with Gasteiger partial charge in [0.1, 0.15) is 0 Å². The van der Waals surface area contributed by atoms with Gasteiger partial charge in [0.25, 0.3) is 0 Å². The van der Waals surface area contributed by atoms with E-state index in [1.54, 1.807) is 0 Å². The van der Waals surface area contributed by atoms with E-state index in [0.717, 1.165) is 33.4 Å². The van der Waals surface area contributed by atoms with E-state index in [2.05, 4.69) is 200 Å². The molecule has 3 nitrogen and oxygen atoms in total. The number of fused-ring (bicyclic) bond motifs is 10. The summed E-state index contributed by atoms with van der Waals surface area (Å²) in [6.07, 6.45) is 0. The van der Waals surface area contributed by atoms with E-state index < -0.39 is 5.41 Å². The van der Waals surface area contributed by atoms with Crippen LogP contribution in [0.1, 0.15) is 22.3 Å². The minimum atomic E-state index is -0.430. The molecule has 0 radical (unpaired) electrons. The van der Waals surface area contributed by atoms with Crippen LogP contribution >= 0.6 is 0 Å². The molecule has 3 heteroatoms. The fourth-order valence-corrected chi connectivity index (χ4v) is 9.89. The Morgan fingerprint density at radius 1 is 0.230 bits per heavy atom.